The van der Waals surface area contributed by atoms with Gasteiger partial charge in [-0.2, -0.15) is 0 Å². The number of nitrogens with one attached hydrogen (secondary N) is 1. The summed E-state index contributed by atoms with van der Waals surface area (Å²) in [6, 6.07) is 9.20. The van der Waals surface area contributed by atoms with E-state index >= 15 is 0 Å². The standard InChI is InChI=1S/C18H18N2O2S2/c1-11-3-5-14(16(21)9-11)18(22)19-8-7-13-4-6-17(24-13)15-10-23-12(2)20-15/h3-6,9-10,21H,7-8H2,1-2H3,(H,19,22). The number of carbonyl (C=O) groups excluding carboxylic acids is 1. The monoisotopic (exact) mass is 358 g/mol. The van der Waals surface area contributed by atoms with Crippen molar-refractivity contribution in [3.05, 3.63) is 56.7 Å². The first-order chi connectivity index (χ1) is 11.5. The Kier molecular flexibility index (Phi) is 4.97. The zero-order valence-electron chi connectivity index (χ0n) is 13.5. The fourth-order valence-electron chi connectivity index (χ4n) is 2.35. The second-order valence-electron chi connectivity index (χ2n) is 5.54. The molecule has 0 saturated heterocycles. The molecule has 0 atom stereocenters. The molecule has 24 heavy (non-hydrogen) atoms. The molecule has 6 heteroatoms. The van der Waals surface area contributed by atoms with E-state index in [9.17, 15) is 9.90 Å². The van der Waals surface area contributed by atoms with Crippen LogP contribution < -0.4 is 5.32 Å². The highest BCUT2D eigenvalue weighted by molar-refractivity contribution is 7.16. The first-order valence-corrected chi connectivity index (χ1v) is 9.31. The van der Waals surface area contributed by atoms with Gasteiger partial charge in [-0.1, -0.05) is 6.07 Å². The predicted molar refractivity (Wildman–Crippen MR) is 99.0 cm³/mol. The van der Waals surface area contributed by atoms with E-state index in [0.29, 0.717) is 12.1 Å². The summed E-state index contributed by atoms with van der Waals surface area (Å²) in [5.41, 5.74) is 2.25. The second kappa shape index (κ2) is 7.15. The van der Waals surface area contributed by atoms with E-state index in [0.717, 1.165) is 27.6 Å². The Morgan fingerprint density at radius 3 is 2.79 bits per heavy atom. The summed E-state index contributed by atoms with van der Waals surface area (Å²) in [7, 11) is 0. The number of nitrogens with zero attached hydrogens (tertiary/aromatic N) is 1. The van der Waals surface area contributed by atoms with Crippen LogP contribution in [0.1, 0.15) is 25.8 Å². The summed E-state index contributed by atoms with van der Waals surface area (Å²) in [6.07, 6.45) is 0.756. The molecule has 124 valence electrons. The van der Waals surface area contributed by atoms with Crippen molar-refractivity contribution in [2.24, 2.45) is 0 Å². The van der Waals surface area contributed by atoms with Gasteiger partial charge in [-0.25, -0.2) is 4.98 Å². The Balaban J connectivity index is 1.57. The van der Waals surface area contributed by atoms with Crippen molar-refractivity contribution in [3.8, 4) is 16.3 Å². The number of phenols is 1. The molecule has 0 radical (unpaired) electrons. The molecular weight excluding hydrogens is 340 g/mol. The van der Waals surface area contributed by atoms with Crippen LogP contribution in [0.3, 0.4) is 0 Å². The molecule has 0 fully saturated rings. The van der Waals surface area contributed by atoms with Crippen LogP contribution in [0.15, 0.2) is 35.7 Å². The van der Waals surface area contributed by atoms with Crippen molar-refractivity contribution in [1.29, 1.82) is 0 Å². The zero-order chi connectivity index (χ0) is 17.1. The zero-order valence-corrected chi connectivity index (χ0v) is 15.1. The summed E-state index contributed by atoms with van der Waals surface area (Å²) < 4.78 is 0. The summed E-state index contributed by atoms with van der Waals surface area (Å²) in [5, 5.41) is 15.8. The summed E-state index contributed by atoms with van der Waals surface area (Å²) in [5.74, 6) is -0.232. The molecule has 2 aromatic heterocycles. The highest BCUT2D eigenvalue weighted by Gasteiger charge is 2.11. The largest absolute Gasteiger partial charge is 0.507 e. The van der Waals surface area contributed by atoms with Crippen molar-refractivity contribution in [3.63, 3.8) is 0 Å². The maximum Gasteiger partial charge on any atom is 0.255 e. The van der Waals surface area contributed by atoms with Gasteiger partial charge < -0.3 is 10.4 Å². The van der Waals surface area contributed by atoms with Gasteiger partial charge in [0, 0.05) is 16.8 Å². The van der Waals surface area contributed by atoms with Gasteiger partial charge in [-0.15, -0.1) is 22.7 Å². The van der Waals surface area contributed by atoms with Gasteiger partial charge in [-0.05, 0) is 50.1 Å². The van der Waals surface area contributed by atoms with Crippen LogP contribution in [0.4, 0.5) is 0 Å². The number of carbonyl (C=O) groups is 1. The summed E-state index contributed by atoms with van der Waals surface area (Å²) in [4.78, 5) is 19.0. The predicted octanol–water partition coefficient (Wildman–Crippen LogP) is 4.17. The minimum absolute atomic E-state index is 0.0183. The van der Waals surface area contributed by atoms with Crippen molar-refractivity contribution in [1.82, 2.24) is 10.3 Å². The summed E-state index contributed by atoms with van der Waals surface area (Å²) in [6.45, 7) is 4.40. The highest BCUT2D eigenvalue weighted by Crippen LogP contribution is 2.29. The lowest BCUT2D eigenvalue weighted by molar-refractivity contribution is 0.0951. The number of rotatable bonds is 5. The van der Waals surface area contributed by atoms with E-state index in [1.807, 2.05) is 19.9 Å². The van der Waals surface area contributed by atoms with Crippen molar-refractivity contribution in [2.75, 3.05) is 6.54 Å². The van der Waals surface area contributed by atoms with Gasteiger partial charge >= 0.3 is 0 Å². The normalized spacial score (nSPS) is 10.8. The minimum atomic E-state index is -0.251. The van der Waals surface area contributed by atoms with Crippen molar-refractivity contribution < 1.29 is 9.90 Å². The molecule has 0 bridgehead atoms. The number of aromatic hydroxyl groups is 1. The number of hydrogen-bond donors (Lipinski definition) is 2. The lowest BCUT2D eigenvalue weighted by Crippen LogP contribution is -2.25. The molecule has 1 aromatic carbocycles. The Labute approximate surface area is 148 Å². The third-order valence-electron chi connectivity index (χ3n) is 3.59. The lowest BCUT2D eigenvalue weighted by Gasteiger charge is -2.06. The van der Waals surface area contributed by atoms with E-state index in [2.05, 4.69) is 27.8 Å². The van der Waals surface area contributed by atoms with E-state index in [1.165, 1.54) is 4.88 Å². The molecule has 2 N–H and O–H groups in total. The first kappa shape index (κ1) is 16.7. The average molecular weight is 358 g/mol. The first-order valence-electron chi connectivity index (χ1n) is 7.62. The molecule has 0 saturated carbocycles. The molecule has 4 nitrogen and oxygen atoms in total. The van der Waals surface area contributed by atoms with E-state index in [4.69, 9.17) is 0 Å². The maximum absolute atomic E-state index is 12.1. The molecular formula is C18H18N2O2S2. The quantitative estimate of drug-likeness (QED) is 0.720. The average Bonchev–Trinajstić information content (AvgIpc) is 3.16. The van der Waals surface area contributed by atoms with Crippen molar-refractivity contribution in [2.45, 2.75) is 20.3 Å². The molecule has 1 amide bonds. The fraction of sp³-hybridized carbons (Fsp3) is 0.222. The van der Waals surface area contributed by atoms with Crippen LogP contribution in [-0.2, 0) is 6.42 Å². The number of thiophene rings is 1. The van der Waals surface area contributed by atoms with Gasteiger partial charge in [0.05, 0.1) is 21.1 Å². The van der Waals surface area contributed by atoms with E-state index in [1.54, 1.807) is 34.8 Å². The number of aryl methyl sites for hydroxylation is 2. The molecule has 0 unspecified atom stereocenters. The van der Waals surface area contributed by atoms with Gasteiger partial charge in [0.2, 0.25) is 0 Å². The third kappa shape index (κ3) is 3.83. The minimum Gasteiger partial charge on any atom is -0.507 e. The molecule has 3 rings (SSSR count). The number of thiazole rings is 1. The fourth-order valence-corrected chi connectivity index (χ4v) is 4.01. The van der Waals surface area contributed by atoms with Crippen LogP contribution >= 0.6 is 22.7 Å². The van der Waals surface area contributed by atoms with Gasteiger partial charge in [0.15, 0.2) is 0 Å². The molecule has 2 heterocycles. The molecule has 0 aliphatic rings. The molecule has 3 aromatic rings. The topological polar surface area (TPSA) is 62.2 Å². The lowest BCUT2D eigenvalue weighted by atomic mass is 10.1. The highest BCUT2D eigenvalue weighted by atomic mass is 32.1. The molecule has 0 aliphatic heterocycles. The van der Waals surface area contributed by atoms with Gasteiger partial charge in [0.25, 0.3) is 5.91 Å². The van der Waals surface area contributed by atoms with Gasteiger partial charge in [0.1, 0.15) is 5.75 Å². The summed E-state index contributed by atoms with van der Waals surface area (Å²) >= 11 is 3.34. The number of aromatic nitrogens is 1. The Hall–Kier alpha value is -2.18. The third-order valence-corrected chi connectivity index (χ3v) is 5.53. The van der Waals surface area contributed by atoms with Crippen molar-refractivity contribution >= 4 is 28.6 Å². The van der Waals surface area contributed by atoms with Crippen LogP contribution in [0.5, 0.6) is 5.75 Å². The van der Waals surface area contributed by atoms with Crippen LogP contribution in [0, 0.1) is 13.8 Å². The molecule has 0 spiro atoms. The number of hydrogen-bond acceptors (Lipinski definition) is 5. The van der Waals surface area contributed by atoms with Gasteiger partial charge in [-0.3, -0.25) is 4.79 Å². The second-order valence-corrected chi connectivity index (χ2v) is 7.77. The van der Waals surface area contributed by atoms with Crippen LogP contribution in [-0.4, -0.2) is 22.5 Å². The maximum atomic E-state index is 12.1. The Morgan fingerprint density at radius 1 is 1.25 bits per heavy atom. The van der Waals surface area contributed by atoms with Crippen LogP contribution in [0.2, 0.25) is 0 Å². The smallest absolute Gasteiger partial charge is 0.255 e. The Bertz CT molecular complexity index is 868. The van der Waals surface area contributed by atoms with E-state index in [-0.39, 0.29) is 11.7 Å². The van der Waals surface area contributed by atoms with Crippen LogP contribution in [0.25, 0.3) is 10.6 Å². The van der Waals surface area contributed by atoms with E-state index < -0.39 is 0 Å². The SMILES string of the molecule is Cc1ccc(C(=O)NCCc2ccc(-c3csc(C)n3)s2)c(O)c1. The number of benzene rings is 1. The number of phenolic OH excluding ortho intramolecular Hbond substituents is 1. The number of amides is 1. The Morgan fingerprint density at radius 2 is 2.08 bits per heavy atom. The molecule has 0 aliphatic carbocycles.